The highest BCUT2D eigenvalue weighted by molar-refractivity contribution is 6.40. The molecule has 0 fully saturated rings. The van der Waals surface area contributed by atoms with Crippen LogP contribution in [-0.2, 0) is 9.59 Å². The topological polar surface area (TPSA) is 46.6 Å². The maximum Gasteiger partial charge on any atom is 0.293 e. The Morgan fingerprint density at radius 3 is 2.53 bits per heavy atom. The Kier molecular flexibility index (Phi) is 4.20. The van der Waals surface area contributed by atoms with Crippen molar-refractivity contribution in [3.63, 3.8) is 0 Å². The average Bonchev–Trinajstić information content (AvgIpc) is 2.30. The van der Waals surface area contributed by atoms with E-state index in [1.807, 2.05) is 0 Å². The maximum atomic E-state index is 13.5. The van der Waals surface area contributed by atoms with E-state index in [0.717, 1.165) is 11.0 Å². The molecule has 0 bridgehead atoms. The van der Waals surface area contributed by atoms with E-state index >= 15 is 0 Å². The summed E-state index contributed by atoms with van der Waals surface area (Å²) in [5, 5.41) is 0. The molecule has 4 nitrogen and oxygen atoms in total. The SMILES string of the molecule is CCOc1ccc(N(C)C(=O)C(C)=O)cc1F. The zero-order valence-corrected chi connectivity index (χ0v) is 9.99. The van der Waals surface area contributed by atoms with Crippen molar-refractivity contribution in [3.05, 3.63) is 24.0 Å². The van der Waals surface area contributed by atoms with Gasteiger partial charge in [-0.3, -0.25) is 9.59 Å². The minimum absolute atomic E-state index is 0.125. The van der Waals surface area contributed by atoms with Gasteiger partial charge in [-0.15, -0.1) is 0 Å². The van der Waals surface area contributed by atoms with Crippen LogP contribution in [0.25, 0.3) is 0 Å². The number of nitrogens with zero attached hydrogens (tertiary/aromatic N) is 1. The molecule has 0 aliphatic rings. The van der Waals surface area contributed by atoms with Crippen LogP contribution in [0.2, 0.25) is 0 Å². The quantitative estimate of drug-likeness (QED) is 0.752. The number of benzene rings is 1. The molecular formula is C12H14FNO3. The number of carbonyl (C=O) groups excluding carboxylic acids is 2. The number of ether oxygens (including phenoxy) is 1. The van der Waals surface area contributed by atoms with Crippen molar-refractivity contribution in [1.82, 2.24) is 0 Å². The molecule has 0 saturated carbocycles. The summed E-state index contributed by atoms with van der Waals surface area (Å²) in [4.78, 5) is 23.4. The molecule has 1 rings (SSSR count). The summed E-state index contributed by atoms with van der Waals surface area (Å²) < 4.78 is 18.5. The number of anilines is 1. The first kappa shape index (κ1) is 13.2. The molecule has 5 heteroatoms. The van der Waals surface area contributed by atoms with Gasteiger partial charge in [-0.05, 0) is 19.1 Å². The second-order valence-electron chi connectivity index (χ2n) is 3.47. The van der Waals surface area contributed by atoms with E-state index in [9.17, 15) is 14.0 Å². The normalized spacial score (nSPS) is 9.88. The first-order valence-electron chi connectivity index (χ1n) is 5.18. The van der Waals surface area contributed by atoms with E-state index in [0.29, 0.717) is 12.3 Å². The standard InChI is InChI=1S/C12H14FNO3/c1-4-17-11-6-5-9(7-10(11)13)14(3)12(16)8(2)15/h5-7H,4H2,1-3H3. The van der Waals surface area contributed by atoms with Crippen LogP contribution in [0.1, 0.15) is 13.8 Å². The lowest BCUT2D eigenvalue weighted by atomic mass is 10.2. The van der Waals surface area contributed by atoms with Crippen molar-refractivity contribution in [3.8, 4) is 5.75 Å². The lowest BCUT2D eigenvalue weighted by Gasteiger charge is -2.16. The van der Waals surface area contributed by atoms with Gasteiger partial charge in [-0.1, -0.05) is 0 Å². The van der Waals surface area contributed by atoms with Crippen LogP contribution in [0, 0.1) is 5.82 Å². The van der Waals surface area contributed by atoms with Crippen LogP contribution < -0.4 is 9.64 Å². The van der Waals surface area contributed by atoms with E-state index in [1.54, 1.807) is 6.92 Å². The number of ketones is 1. The lowest BCUT2D eigenvalue weighted by molar-refractivity contribution is -0.134. The zero-order chi connectivity index (χ0) is 13.0. The van der Waals surface area contributed by atoms with Gasteiger partial charge in [-0.2, -0.15) is 0 Å². The molecule has 1 aromatic carbocycles. The molecule has 17 heavy (non-hydrogen) atoms. The van der Waals surface area contributed by atoms with Crippen LogP contribution in [-0.4, -0.2) is 25.3 Å². The van der Waals surface area contributed by atoms with Crippen molar-refractivity contribution in [2.45, 2.75) is 13.8 Å². The van der Waals surface area contributed by atoms with Gasteiger partial charge in [0.05, 0.1) is 6.61 Å². The third-order valence-electron chi connectivity index (χ3n) is 2.21. The molecule has 0 aliphatic heterocycles. The Morgan fingerprint density at radius 1 is 1.41 bits per heavy atom. The Labute approximate surface area is 99.0 Å². The molecular weight excluding hydrogens is 225 g/mol. The van der Waals surface area contributed by atoms with Crippen molar-refractivity contribution < 1.29 is 18.7 Å². The van der Waals surface area contributed by atoms with Crippen LogP contribution in [0.5, 0.6) is 5.75 Å². The first-order chi connectivity index (χ1) is 7.97. The predicted octanol–water partition coefficient (Wildman–Crippen LogP) is 1.78. The maximum absolute atomic E-state index is 13.5. The second-order valence-corrected chi connectivity index (χ2v) is 3.47. The minimum atomic E-state index is -0.687. The van der Waals surface area contributed by atoms with Crippen molar-refractivity contribution in [2.75, 3.05) is 18.6 Å². The van der Waals surface area contributed by atoms with Gasteiger partial charge in [-0.25, -0.2) is 4.39 Å². The Balaban J connectivity index is 2.97. The number of amides is 1. The highest BCUT2D eigenvalue weighted by Gasteiger charge is 2.16. The van der Waals surface area contributed by atoms with Crippen LogP contribution >= 0.6 is 0 Å². The fourth-order valence-corrected chi connectivity index (χ4v) is 1.32. The highest BCUT2D eigenvalue weighted by Crippen LogP contribution is 2.23. The van der Waals surface area contributed by atoms with E-state index in [-0.39, 0.29) is 5.75 Å². The second kappa shape index (κ2) is 5.43. The third kappa shape index (κ3) is 3.03. The minimum Gasteiger partial charge on any atom is -0.491 e. The molecule has 0 aliphatic carbocycles. The molecule has 1 amide bonds. The summed E-state index contributed by atoms with van der Waals surface area (Å²) in [5.74, 6) is -1.72. The summed E-state index contributed by atoms with van der Waals surface area (Å²) in [6, 6.07) is 4.11. The molecule has 0 aromatic heterocycles. The molecule has 0 spiro atoms. The van der Waals surface area contributed by atoms with Crippen molar-refractivity contribution in [1.29, 1.82) is 0 Å². The summed E-state index contributed by atoms with van der Waals surface area (Å²) in [6.45, 7) is 3.28. The van der Waals surface area contributed by atoms with E-state index in [4.69, 9.17) is 4.74 Å². The van der Waals surface area contributed by atoms with Crippen molar-refractivity contribution in [2.24, 2.45) is 0 Å². The first-order valence-corrected chi connectivity index (χ1v) is 5.18. The highest BCUT2D eigenvalue weighted by atomic mass is 19.1. The summed E-state index contributed by atoms with van der Waals surface area (Å²) in [6.07, 6.45) is 0. The van der Waals surface area contributed by atoms with Gasteiger partial charge in [0.1, 0.15) is 0 Å². The number of carbonyl (C=O) groups is 2. The fourth-order valence-electron chi connectivity index (χ4n) is 1.32. The summed E-state index contributed by atoms with van der Waals surface area (Å²) in [7, 11) is 1.42. The fraction of sp³-hybridized carbons (Fsp3) is 0.333. The number of hydrogen-bond donors (Lipinski definition) is 0. The lowest BCUT2D eigenvalue weighted by Crippen LogP contribution is -2.31. The van der Waals surface area contributed by atoms with E-state index in [2.05, 4.69) is 0 Å². The molecule has 0 radical (unpaired) electrons. The molecule has 0 N–H and O–H groups in total. The largest absolute Gasteiger partial charge is 0.491 e. The van der Waals surface area contributed by atoms with E-state index < -0.39 is 17.5 Å². The monoisotopic (exact) mass is 239 g/mol. The molecule has 0 saturated heterocycles. The molecule has 0 unspecified atom stereocenters. The van der Waals surface area contributed by atoms with Crippen LogP contribution in [0.3, 0.4) is 0 Å². The summed E-state index contributed by atoms with van der Waals surface area (Å²) >= 11 is 0. The molecule has 0 atom stereocenters. The number of hydrogen-bond acceptors (Lipinski definition) is 3. The number of halogens is 1. The zero-order valence-electron chi connectivity index (χ0n) is 9.99. The van der Waals surface area contributed by atoms with Gasteiger partial charge in [0.15, 0.2) is 11.6 Å². The van der Waals surface area contributed by atoms with E-state index in [1.165, 1.54) is 26.1 Å². The Bertz CT molecular complexity index is 445. The van der Waals surface area contributed by atoms with Crippen LogP contribution in [0.15, 0.2) is 18.2 Å². The predicted molar refractivity (Wildman–Crippen MR) is 61.7 cm³/mol. The number of Topliss-reactive ketones (excluding diaryl/α,β-unsaturated/α-hetero) is 1. The summed E-state index contributed by atoms with van der Waals surface area (Å²) in [5.41, 5.74) is 0.311. The smallest absolute Gasteiger partial charge is 0.293 e. The average molecular weight is 239 g/mol. The van der Waals surface area contributed by atoms with Gasteiger partial charge in [0, 0.05) is 25.7 Å². The van der Waals surface area contributed by atoms with Crippen LogP contribution in [0.4, 0.5) is 10.1 Å². The van der Waals surface area contributed by atoms with Gasteiger partial charge >= 0.3 is 0 Å². The molecule has 1 aromatic rings. The Hall–Kier alpha value is -1.91. The van der Waals surface area contributed by atoms with Gasteiger partial charge in [0.2, 0.25) is 5.78 Å². The Morgan fingerprint density at radius 2 is 2.06 bits per heavy atom. The van der Waals surface area contributed by atoms with Gasteiger partial charge in [0.25, 0.3) is 5.91 Å². The third-order valence-corrected chi connectivity index (χ3v) is 2.21. The van der Waals surface area contributed by atoms with Gasteiger partial charge < -0.3 is 9.64 Å². The molecule has 92 valence electrons. The van der Waals surface area contributed by atoms with Crippen molar-refractivity contribution >= 4 is 17.4 Å². The number of likely N-dealkylation sites (N-methyl/N-ethyl adjacent to an activating group) is 1. The number of rotatable bonds is 4. The molecule has 0 heterocycles.